The van der Waals surface area contributed by atoms with E-state index in [2.05, 4.69) is 4.98 Å². The van der Waals surface area contributed by atoms with Crippen molar-refractivity contribution in [1.82, 2.24) is 4.98 Å². The van der Waals surface area contributed by atoms with Crippen LogP contribution in [0.3, 0.4) is 0 Å². The third-order valence-corrected chi connectivity index (χ3v) is 1.59. The zero-order chi connectivity index (χ0) is 8.43. The summed E-state index contributed by atoms with van der Waals surface area (Å²) in [5.74, 6) is 0.584. The molecular weight excluding hydrogens is 138 g/mol. The molecule has 0 radical (unpaired) electrons. The van der Waals surface area contributed by atoms with Crippen LogP contribution in [0.1, 0.15) is 31.2 Å². The molecule has 0 bridgehead atoms. The summed E-state index contributed by atoms with van der Waals surface area (Å²) in [7, 11) is 0. The molecule has 0 aliphatic rings. The van der Waals surface area contributed by atoms with E-state index in [-0.39, 0.29) is 5.92 Å². The average molecular weight is 151 g/mol. The molecule has 2 nitrogen and oxygen atoms in total. The van der Waals surface area contributed by atoms with Gasteiger partial charge in [-0.25, -0.2) is 0 Å². The second-order valence-electron chi connectivity index (χ2n) is 3.01. The smallest absolute Gasteiger partial charge is 0.137 e. The number of pyridine rings is 1. The van der Waals surface area contributed by atoms with Gasteiger partial charge in [-0.05, 0) is 25.0 Å². The van der Waals surface area contributed by atoms with Crippen LogP contribution in [0.25, 0.3) is 0 Å². The van der Waals surface area contributed by atoms with Crippen molar-refractivity contribution in [2.75, 3.05) is 0 Å². The van der Waals surface area contributed by atoms with Crippen LogP contribution in [-0.2, 0) is 0 Å². The van der Waals surface area contributed by atoms with Crippen LogP contribution < -0.4 is 0 Å². The fraction of sp³-hybridized carbons (Fsp3) is 0.444. The van der Waals surface area contributed by atoms with Gasteiger partial charge in [0.25, 0.3) is 0 Å². The molecule has 0 saturated heterocycles. The average Bonchev–Trinajstić information content (AvgIpc) is 1.94. The van der Waals surface area contributed by atoms with Gasteiger partial charge in [-0.3, -0.25) is 4.98 Å². The monoisotopic (exact) mass is 151 g/mol. The second-order valence-corrected chi connectivity index (χ2v) is 3.01. The molecule has 0 aliphatic carbocycles. The molecule has 1 N–H and O–H groups in total. The molecule has 0 atom stereocenters. The maximum atomic E-state index is 9.34. The Kier molecular flexibility index (Phi) is 2.13. The molecule has 1 rings (SSSR count). The highest BCUT2D eigenvalue weighted by molar-refractivity contribution is 5.29. The molecule has 0 fully saturated rings. The van der Waals surface area contributed by atoms with Crippen LogP contribution >= 0.6 is 0 Å². The van der Waals surface area contributed by atoms with E-state index in [0.717, 1.165) is 11.4 Å². The van der Waals surface area contributed by atoms with E-state index in [4.69, 9.17) is 0 Å². The van der Waals surface area contributed by atoms with Gasteiger partial charge in [-0.15, -0.1) is 0 Å². The first-order chi connectivity index (χ1) is 5.11. The lowest BCUT2D eigenvalue weighted by Gasteiger charge is -2.06. The van der Waals surface area contributed by atoms with Crippen molar-refractivity contribution in [3.8, 4) is 5.75 Å². The van der Waals surface area contributed by atoms with E-state index in [1.807, 2.05) is 20.8 Å². The van der Waals surface area contributed by atoms with Gasteiger partial charge in [0.15, 0.2) is 0 Å². The van der Waals surface area contributed by atoms with Crippen molar-refractivity contribution in [3.63, 3.8) is 0 Å². The minimum absolute atomic E-state index is 0.287. The largest absolute Gasteiger partial charge is 0.506 e. The zero-order valence-corrected chi connectivity index (χ0v) is 7.13. The summed E-state index contributed by atoms with van der Waals surface area (Å²) in [6.45, 7) is 5.95. The van der Waals surface area contributed by atoms with Gasteiger partial charge in [0.1, 0.15) is 5.75 Å². The fourth-order valence-corrected chi connectivity index (χ4v) is 0.994. The van der Waals surface area contributed by atoms with E-state index in [1.54, 1.807) is 12.1 Å². The Balaban J connectivity index is 3.13. The molecule has 1 aromatic rings. The van der Waals surface area contributed by atoms with Crippen molar-refractivity contribution >= 4 is 0 Å². The lowest BCUT2D eigenvalue weighted by atomic mass is 10.1. The second kappa shape index (κ2) is 2.91. The molecule has 1 heterocycles. The summed E-state index contributed by atoms with van der Waals surface area (Å²) in [6, 6.07) is 3.50. The molecule has 0 saturated carbocycles. The van der Waals surface area contributed by atoms with Gasteiger partial charge in [-0.1, -0.05) is 13.8 Å². The lowest BCUT2D eigenvalue weighted by Crippen LogP contribution is -1.94. The number of aromatic hydroxyl groups is 1. The number of aryl methyl sites for hydroxylation is 1. The van der Waals surface area contributed by atoms with E-state index in [9.17, 15) is 5.11 Å². The first kappa shape index (κ1) is 8.05. The number of nitrogens with zero attached hydrogens (tertiary/aromatic N) is 1. The van der Waals surface area contributed by atoms with Crippen LogP contribution in [0.15, 0.2) is 12.1 Å². The molecule has 0 spiro atoms. The fourth-order valence-electron chi connectivity index (χ4n) is 0.994. The Bertz CT molecular complexity index is 256. The van der Waals surface area contributed by atoms with Crippen LogP contribution in [0.4, 0.5) is 0 Å². The SMILES string of the molecule is Cc1ccc(O)c(C(C)C)n1. The van der Waals surface area contributed by atoms with Gasteiger partial charge >= 0.3 is 0 Å². The Morgan fingerprint density at radius 2 is 2.00 bits per heavy atom. The van der Waals surface area contributed by atoms with E-state index < -0.39 is 0 Å². The molecular formula is C9H13NO. The van der Waals surface area contributed by atoms with Crippen LogP contribution in [0.5, 0.6) is 5.75 Å². The van der Waals surface area contributed by atoms with Crippen molar-refractivity contribution in [2.24, 2.45) is 0 Å². The van der Waals surface area contributed by atoms with Gasteiger partial charge in [0.2, 0.25) is 0 Å². The molecule has 1 aromatic heterocycles. The highest BCUT2D eigenvalue weighted by Crippen LogP contribution is 2.22. The number of aromatic nitrogens is 1. The summed E-state index contributed by atoms with van der Waals surface area (Å²) < 4.78 is 0. The first-order valence-corrected chi connectivity index (χ1v) is 3.77. The predicted molar refractivity (Wildman–Crippen MR) is 44.7 cm³/mol. The third kappa shape index (κ3) is 1.70. The summed E-state index contributed by atoms with van der Waals surface area (Å²) in [6.07, 6.45) is 0. The topological polar surface area (TPSA) is 33.1 Å². The Hall–Kier alpha value is -1.05. The van der Waals surface area contributed by atoms with Gasteiger partial charge < -0.3 is 5.11 Å². The Morgan fingerprint density at radius 1 is 1.36 bits per heavy atom. The molecule has 0 aromatic carbocycles. The van der Waals surface area contributed by atoms with E-state index in [1.165, 1.54) is 0 Å². The number of rotatable bonds is 1. The quantitative estimate of drug-likeness (QED) is 0.667. The minimum atomic E-state index is 0.287. The zero-order valence-electron chi connectivity index (χ0n) is 7.13. The maximum absolute atomic E-state index is 9.34. The van der Waals surface area contributed by atoms with Crippen molar-refractivity contribution in [3.05, 3.63) is 23.5 Å². The van der Waals surface area contributed by atoms with Gasteiger partial charge in [-0.2, -0.15) is 0 Å². The molecule has 2 heteroatoms. The first-order valence-electron chi connectivity index (χ1n) is 3.77. The standard InChI is InChI=1S/C9H13NO/c1-6(2)9-8(11)5-4-7(3)10-9/h4-6,11H,1-3H3. The molecule has 0 amide bonds. The summed E-state index contributed by atoms with van der Waals surface area (Å²) in [4.78, 5) is 4.22. The molecule has 0 unspecified atom stereocenters. The van der Waals surface area contributed by atoms with Crippen LogP contribution in [-0.4, -0.2) is 10.1 Å². The predicted octanol–water partition coefficient (Wildman–Crippen LogP) is 2.22. The van der Waals surface area contributed by atoms with Gasteiger partial charge in [0.05, 0.1) is 5.69 Å². The maximum Gasteiger partial charge on any atom is 0.137 e. The lowest BCUT2D eigenvalue weighted by molar-refractivity contribution is 0.459. The normalized spacial score (nSPS) is 10.5. The summed E-state index contributed by atoms with van der Waals surface area (Å²) in [5, 5.41) is 9.34. The van der Waals surface area contributed by atoms with Crippen LogP contribution in [0.2, 0.25) is 0 Å². The Morgan fingerprint density at radius 3 is 2.45 bits per heavy atom. The number of hydrogen-bond donors (Lipinski definition) is 1. The molecule has 60 valence electrons. The van der Waals surface area contributed by atoms with Crippen molar-refractivity contribution in [1.29, 1.82) is 0 Å². The van der Waals surface area contributed by atoms with Gasteiger partial charge in [0, 0.05) is 5.69 Å². The highest BCUT2D eigenvalue weighted by Gasteiger charge is 2.06. The van der Waals surface area contributed by atoms with E-state index in [0.29, 0.717) is 5.75 Å². The molecule has 11 heavy (non-hydrogen) atoms. The summed E-state index contributed by atoms with van der Waals surface area (Å²) >= 11 is 0. The minimum Gasteiger partial charge on any atom is -0.506 e. The van der Waals surface area contributed by atoms with Crippen molar-refractivity contribution < 1.29 is 5.11 Å². The van der Waals surface area contributed by atoms with Crippen LogP contribution in [0, 0.1) is 6.92 Å². The summed E-state index contributed by atoms with van der Waals surface area (Å²) in [5.41, 5.74) is 1.73. The van der Waals surface area contributed by atoms with E-state index >= 15 is 0 Å². The molecule has 0 aliphatic heterocycles. The highest BCUT2D eigenvalue weighted by atomic mass is 16.3. The van der Waals surface area contributed by atoms with Crippen molar-refractivity contribution in [2.45, 2.75) is 26.7 Å². The third-order valence-electron chi connectivity index (χ3n) is 1.59. The Labute approximate surface area is 66.9 Å². The number of hydrogen-bond acceptors (Lipinski definition) is 2.